The lowest BCUT2D eigenvalue weighted by Gasteiger charge is -2.28. The summed E-state index contributed by atoms with van der Waals surface area (Å²) in [5, 5.41) is 0. The average Bonchev–Trinajstić information content (AvgIpc) is 3.00. The summed E-state index contributed by atoms with van der Waals surface area (Å²) in [6.07, 6.45) is 3.14. The summed E-state index contributed by atoms with van der Waals surface area (Å²) in [4.78, 5) is 14.3. The van der Waals surface area contributed by atoms with Crippen molar-refractivity contribution < 1.29 is 9.53 Å². The third-order valence-corrected chi connectivity index (χ3v) is 3.75. The molecule has 5 heteroatoms. The molecule has 2 N–H and O–H groups in total. The van der Waals surface area contributed by atoms with Gasteiger partial charge in [-0.1, -0.05) is 30.3 Å². The molecule has 4 nitrogen and oxygen atoms in total. The Morgan fingerprint density at radius 3 is 2.71 bits per heavy atom. The summed E-state index contributed by atoms with van der Waals surface area (Å²) in [5.41, 5.74) is 6.77. The van der Waals surface area contributed by atoms with Crippen molar-refractivity contribution in [3.8, 4) is 0 Å². The van der Waals surface area contributed by atoms with Crippen LogP contribution in [0.3, 0.4) is 0 Å². The van der Waals surface area contributed by atoms with Gasteiger partial charge in [-0.25, -0.2) is 0 Å². The first kappa shape index (κ1) is 18.0. The van der Waals surface area contributed by atoms with Crippen LogP contribution in [0.5, 0.6) is 0 Å². The monoisotopic (exact) mass is 312 g/mol. The van der Waals surface area contributed by atoms with Gasteiger partial charge >= 0.3 is 0 Å². The summed E-state index contributed by atoms with van der Waals surface area (Å²) in [6.45, 7) is 2.76. The minimum absolute atomic E-state index is 0. The van der Waals surface area contributed by atoms with Crippen LogP contribution < -0.4 is 5.73 Å². The summed E-state index contributed by atoms with van der Waals surface area (Å²) in [6, 6.07) is 10.5. The van der Waals surface area contributed by atoms with E-state index in [4.69, 9.17) is 10.5 Å². The molecular weight excluding hydrogens is 288 g/mol. The minimum atomic E-state index is 0. The minimum Gasteiger partial charge on any atom is -0.379 e. The highest BCUT2D eigenvalue weighted by molar-refractivity contribution is 5.85. The highest BCUT2D eigenvalue weighted by Crippen LogP contribution is 2.15. The molecule has 1 unspecified atom stereocenters. The smallest absolute Gasteiger partial charge is 0.222 e. The Bertz CT molecular complexity index is 408. The van der Waals surface area contributed by atoms with Gasteiger partial charge in [0.05, 0.1) is 12.6 Å². The van der Waals surface area contributed by atoms with E-state index < -0.39 is 0 Å². The third-order valence-electron chi connectivity index (χ3n) is 3.75. The number of ether oxygens (including phenoxy) is 1. The predicted molar refractivity (Wildman–Crippen MR) is 86.6 cm³/mol. The van der Waals surface area contributed by atoms with Gasteiger partial charge in [-0.2, -0.15) is 0 Å². The predicted octanol–water partition coefficient (Wildman–Crippen LogP) is 2.01. The molecule has 1 aliphatic rings. The number of carbonyl (C=O) groups is 1. The van der Waals surface area contributed by atoms with E-state index in [1.54, 1.807) is 0 Å². The fourth-order valence-electron chi connectivity index (χ4n) is 2.57. The van der Waals surface area contributed by atoms with E-state index in [1.165, 1.54) is 5.56 Å². The van der Waals surface area contributed by atoms with Crippen LogP contribution in [0.15, 0.2) is 30.3 Å². The van der Waals surface area contributed by atoms with Crippen molar-refractivity contribution >= 4 is 18.3 Å². The van der Waals surface area contributed by atoms with E-state index in [1.807, 2.05) is 23.1 Å². The van der Waals surface area contributed by atoms with Crippen LogP contribution in [0.4, 0.5) is 0 Å². The molecule has 2 rings (SSSR count). The van der Waals surface area contributed by atoms with Gasteiger partial charge in [-0.15, -0.1) is 12.4 Å². The number of carbonyl (C=O) groups excluding carboxylic acids is 1. The Kier molecular flexibility index (Phi) is 8.35. The van der Waals surface area contributed by atoms with Gasteiger partial charge in [0.15, 0.2) is 0 Å². The summed E-state index contributed by atoms with van der Waals surface area (Å²) < 4.78 is 5.43. The molecule has 0 aliphatic carbocycles. The molecule has 0 saturated carbocycles. The van der Waals surface area contributed by atoms with Crippen molar-refractivity contribution in [2.45, 2.75) is 31.7 Å². The maximum Gasteiger partial charge on any atom is 0.222 e. The number of nitrogens with two attached hydrogens (primary N) is 1. The van der Waals surface area contributed by atoms with Gasteiger partial charge in [-0.3, -0.25) is 4.79 Å². The zero-order valence-electron chi connectivity index (χ0n) is 12.4. The highest BCUT2D eigenvalue weighted by atomic mass is 35.5. The molecule has 0 bridgehead atoms. The second-order valence-electron chi connectivity index (χ2n) is 5.23. The zero-order chi connectivity index (χ0) is 14.2. The first-order valence-electron chi connectivity index (χ1n) is 7.42. The van der Waals surface area contributed by atoms with Gasteiger partial charge in [0.1, 0.15) is 0 Å². The molecule has 0 spiro atoms. The molecule has 1 aliphatic heterocycles. The fourth-order valence-corrected chi connectivity index (χ4v) is 2.57. The van der Waals surface area contributed by atoms with Crippen LogP contribution >= 0.6 is 12.4 Å². The molecule has 1 heterocycles. The Balaban J connectivity index is 0.00000220. The number of halogens is 1. The van der Waals surface area contributed by atoms with Crippen molar-refractivity contribution in [3.05, 3.63) is 35.9 Å². The van der Waals surface area contributed by atoms with E-state index in [0.29, 0.717) is 19.6 Å². The first-order chi connectivity index (χ1) is 9.81. The second kappa shape index (κ2) is 9.77. The number of amides is 1. The van der Waals surface area contributed by atoms with Crippen LogP contribution in [-0.4, -0.2) is 43.2 Å². The van der Waals surface area contributed by atoms with Gasteiger partial charge in [0.2, 0.25) is 5.91 Å². The van der Waals surface area contributed by atoms with E-state index in [0.717, 1.165) is 32.4 Å². The Hall–Kier alpha value is -1.10. The van der Waals surface area contributed by atoms with E-state index in [-0.39, 0.29) is 24.4 Å². The van der Waals surface area contributed by atoms with Gasteiger partial charge in [0, 0.05) is 19.6 Å². The lowest BCUT2D eigenvalue weighted by molar-refractivity contribution is -0.133. The van der Waals surface area contributed by atoms with E-state index in [9.17, 15) is 4.79 Å². The maximum absolute atomic E-state index is 12.3. The van der Waals surface area contributed by atoms with Gasteiger partial charge in [0.25, 0.3) is 0 Å². The Morgan fingerprint density at radius 2 is 2.10 bits per heavy atom. The average molecular weight is 313 g/mol. The third kappa shape index (κ3) is 5.65. The molecule has 1 fully saturated rings. The molecule has 0 aromatic heterocycles. The lowest BCUT2D eigenvalue weighted by atomic mass is 10.1. The molecule has 21 heavy (non-hydrogen) atoms. The van der Waals surface area contributed by atoms with Crippen LogP contribution in [0.2, 0.25) is 0 Å². The topological polar surface area (TPSA) is 55.6 Å². The summed E-state index contributed by atoms with van der Waals surface area (Å²) in [5.74, 6) is 0.210. The molecule has 0 radical (unpaired) electrons. The number of rotatable bonds is 7. The number of hydrogen-bond acceptors (Lipinski definition) is 3. The number of hydrogen-bond donors (Lipinski definition) is 1. The van der Waals surface area contributed by atoms with Crippen molar-refractivity contribution in [1.82, 2.24) is 4.90 Å². The van der Waals surface area contributed by atoms with Crippen LogP contribution in [0.25, 0.3) is 0 Å². The van der Waals surface area contributed by atoms with Crippen LogP contribution in [0, 0.1) is 0 Å². The van der Waals surface area contributed by atoms with Crippen LogP contribution in [-0.2, 0) is 16.0 Å². The SMILES string of the molecule is Cl.NCCCC(=O)N(CCc1ccccc1)C1CCOC1. The molecule has 1 saturated heterocycles. The standard InChI is InChI=1S/C16H24N2O2.ClH/c17-10-4-7-16(19)18(15-9-12-20-13-15)11-8-14-5-2-1-3-6-14;/h1-3,5-6,15H,4,7-13,17H2;1H. The first-order valence-corrected chi connectivity index (χ1v) is 7.42. The van der Waals surface area contributed by atoms with E-state index >= 15 is 0 Å². The molecule has 1 aromatic rings. The van der Waals surface area contributed by atoms with Gasteiger partial charge < -0.3 is 15.4 Å². The zero-order valence-corrected chi connectivity index (χ0v) is 13.2. The van der Waals surface area contributed by atoms with Crippen molar-refractivity contribution in [2.24, 2.45) is 5.73 Å². The van der Waals surface area contributed by atoms with Crippen LogP contribution in [0.1, 0.15) is 24.8 Å². The summed E-state index contributed by atoms with van der Waals surface area (Å²) >= 11 is 0. The van der Waals surface area contributed by atoms with Crippen molar-refractivity contribution in [3.63, 3.8) is 0 Å². The maximum atomic E-state index is 12.3. The highest BCUT2D eigenvalue weighted by Gasteiger charge is 2.26. The van der Waals surface area contributed by atoms with Crippen molar-refractivity contribution in [2.75, 3.05) is 26.3 Å². The quantitative estimate of drug-likeness (QED) is 0.838. The fraction of sp³-hybridized carbons (Fsp3) is 0.562. The molecule has 118 valence electrons. The molecule has 1 atom stereocenters. The molecule has 1 aromatic carbocycles. The van der Waals surface area contributed by atoms with Crippen molar-refractivity contribution in [1.29, 1.82) is 0 Å². The van der Waals surface area contributed by atoms with E-state index in [2.05, 4.69) is 12.1 Å². The Morgan fingerprint density at radius 1 is 1.33 bits per heavy atom. The number of benzene rings is 1. The molecular formula is C16H25ClN2O2. The largest absolute Gasteiger partial charge is 0.379 e. The summed E-state index contributed by atoms with van der Waals surface area (Å²) in [7, 11) is 0. The normalized spacial score (nSPS) is 17.3. The lowest BCUT2D eigenvalue weighted by Crippen LogP contribution is -2.42. The molecule has 1 amide bonds. The van der Waals surface area contributed by atoms with Gasteiger partial charge in [-0.05, 0) is 31.4 Å². The second-order valence-corrected chi connectivity index (χ2v) is 5.23. The number of nitrogens with zero attached hydrogens (tertiary/aromatic N) is 1. The Labute approximate surface area is 133 Å².